The number of carbonyl (C=O) groups is 1. The van der Waals surface area contributed by atoms with E-state index in [9.17, 15) is 9.59 Å². The number of benzene rings is 1. The van der Waals surface area contributed by atoms with E-state index in [0.717, 1.165) is 22.2 Å². The van der Waals surface area contributed by atoms with E-state index in [1.807, 2.05) is 41.2 Å². The van der Waals surface area contributed by atoms with Gasteiger partial charge in [0, 0.05) is 41.0 Å². The summed E-state index contributed by atoms with van der Waals surface area (Å²) in [6.07, 6.45) is 3.58. The number of thiazole rings is 1. The number of aryl methyl sites for hydroxylation is 1. The number of hydrogen-bond acceptors (Lipinski definition) is 6. The van der Waals surface area contributed by atoms with Crippen LogP contribution >= 0.6 is 22.7 Å². The van der Waals surface area contributed by atoms with E-state index in [-0.39, 0.29) is 24.4 Å². The van der Waals surface area contributed by atoms with Gasteiger partial charge in [0.2, 0.25) is 5.91 Å². The topological polar surface area (TPSA) is 92.7 Å². The lowest BCUT2D eigenvalue weighted by molar-refractivity contribution is -0.116. The molecular weight excluding hydrogens is 406 g/mol. The first-order chi connectivity index (χ1) is 14.2. The molecule has 4 heterocycles. The summed E-state index contributed by atoms with van der Waals surface area (Å²) in [5.41, 5.74) is 2.73. The van der Waals surface area contributed by atoms with Crippen molar-refractivity contribution in [2.75, 3.05) is 5.32 Å². The fourth-order valence-electron chi connectivity index (χ4n) is 3.19. The predicted molar refractivity (Wildman–Crippen MR) is 117 cm³/mol. The standard InChI is InChI=1S/C20H15N5O2S2/c26-17(5-7-25-11-22-18-13(19(25)27)6-8-28-18)24-20-23-16(10-29-20)14-9-21-15-4-2-1-3-12(14)15/h1-4,6,8-11,21H,5,7H2,(H,23,24,26). The normalized spacial score (nSPS) is 11.3. The maximum Gasteiger partial charge on any atom is 0.262 e. The molecule has 1 aromatic carbocycles. The Morgan fingerprint density at radius 3 is 3.00 bits per heavy atom. The number of aromatic nitrogens is 4. The first-order valence-corrected chi connectivity index (χ1v) is 10.7. The smallest absolute Gasteiger partial charge is 0.262 e. The molecular formula is C20H15N5O2S2. The van der Waals surface area contributed by atoms with Crippen LogP contribution in [0, 0.1) is 0 Å². The van der Waals surface area contributed by atoms with Crippen molar-refractivity contribution in [1.29, 1.82) is 0 Å². The molecule has 0 aliphatic carbocycles. The number of carbonyl (C=O) groups excluding carboxylic acids is 1. The lowest BCUT2D eigenvalue weighted by atomic mass is 10.1. The van der Waals surface area contributed by atoms with Crippen LogP contribution in [0.25, 0.3) is 32.4 Å². The molecule has 0 saturated heterocycles. The number of fused-ring (bicyclic) bond motifs is 2. The number of nitrogens with one attached hydrogen (secondary N) is 2. The average molecular weight is 422 g/mol. The number of para-hydroxylation sites is 1. The number of aromatic amines is 1. The van der Waals surface area contributed by atoms with Crippen LogP contribution < -0.4 is 10.9 Å². The van der Waals surface area contributed by atoms with E-state index in [0.29, 0.717) is 15.3 Å². The van der Waals surface area contributed by atoms with E-state index < -0.39 is 0 Å². The minimum Gasteiger partial charge on any atom is -0.360 e. The van der Waals surface area contributed by atoms with Gasteiger partial charge in [0.05, 0.1) is 17.4 Å². The molecule has 0 aliphatic heterocycles. The van der Waals surface area contributed by atoms with Gasteiger partial charge in [-0.05, 0) is 17.5 Å². The quantitative estimate of drug-likeness (QED) is 0.447. The van der Waals surface area contributed by atoms with Crippen molar-refractivity contribution in [3.63, 3.8) is 0 Å². The molecule has 0 spiro atoms. The van der Waals surface area contributed by atoms with Crippen molar-refractivity contribution in [3.05, 3.63) is 64.0 Å². The Morgan fingerprint density at radius 1 is 1.17 bits per heavy atom. The van der Waals surface area contributed by atoms with Crippen LogP contribution in [0.15, 0.2) is 58.4 Å². The summed E-state index contributed by atoms with van der Waals surface area (Å²) >= 11 is 2.80. The molecule has 0 saturated carbocycles. The van der Waals surface area contributed by atoms with Crippen LogP contribution in [0.2, 0.25) is 0 Å². The number of hydrogen-bond donors (Lipinski definition) is 2. The number of H-pyrrole nitrogens is 1. The number of amides is 1. The maximum atomic E-state index is 12.4. The monoisotopic (exact) mass is 421 g/mol. The molecule has 0 atom stereocenters. The molecule has 2 N–H and O–H groups in total. The fraction of sp³-hybridized carbons (Fsp3) is 0.100. The zero-order valence-electron chi connectivity index (χ0n) is 15.1. The summed E-state index contributed by atoms with van der Waals surface area (Å²) in [4.78, 5) is 37.5. The lowest BCUT2D eigenvalue weighted by Gasteiger charge is -2.05. The van der Waals surface area contributed by atoms with Gasteiger partial charge in [-0.2, -0.15) is 0 Å². The van der Waals surface area contributed by atoms with Crippen LogP contribution in [-0.4, -0.2) is 25.4 Å². The summed E-state index contributed by atoms with van der Waals surface area (Å²) in [6, 6.07) is 9.77. The van der Waals surface area contributed by atoms with Crippen LogP contribution in [0.5, 0.6) is 0 Å². The summed E-state index contributed by atoms with van der Waals surface area (Å²) in [7, 11) is 0. The van der Waals surface area contributed by atoms with Crippen LogP contribution in [0.3, 0.4) is 0 Å². The van der Waals surface area contributed by atoms with Gasteiger partial charge < -0.3 is 10.3 Å². The molecule has 29 heavy (non-hydrogen) atoms. The fourth-order valence-corrected chi connectivity index (χ4v) is 4.64. The molecule has 0 aliphatic rings. The molecule has 0 radical (unpaired) electrons. The van der Waals surface area contributed by atoms with E-state index in [1.54, 1.807) is 6.07 Å². The number of thiophene rings is 1. The van der Waals surface area contributed by atoms with E-state index >= 15 is 0 Å². The van der Waals surface area contributed by atoms with Gasteiger partial charge in [-0.1, -0.05) is 18.2 Å². The van der Waals surface area contributed by atoms with Gasteiger partial charge in [0.25, 0.3) is 5.56 Å². The Hall–Kier alpha value is -3.30. The maximum absolute atomic E-state index is 12.4. The van der Waals surface area contributed by atoms with Crippen LogP contribution in [-0.2, 0) is 11.3 Å². The predicted octanol–water partition coefficient (Wildman–Crippen LogP) is 4.09. The van der Waals surface area contributed by atoms with E-state index in [2.05, 4.69) is 20.3 Å². The second-order valence-electron chi connectivity index (χ2n) is 6.47. The van der Waals surface area contributed by atoms with Crippen molar-refractivity contribution < 1.29 is 4.79 Å². The molecule has 5 rings (SSSR count). The third kappa shape index (κ3) is 3.34. The van der Waals surface area contributed by atoms with Crippen molar-refractivity contribution >= 4 is 54.8 Å². The molecule has 0 fully saturated rings. The highest BCUT2D eigenvalue weighted by atomic mass is 32.1. The molecule has 4 aromatic heterocycles. The number of anilines is 1. The molecule has 0 unspecified atom stereocenters. The largest absolute Gasteiger partial charge is 0.360 e. The Labute approximate surface area is 172 Å². The summed E-state index contributed by atoms with van der Waals surface area (Å²) in [6.45, 7) is 0.268. The summed E-state index contributed by atoms with van der Waals surface area (Å²) < 4.78 is 1.47. The third-order valence-electron chi connectivity index (χ3n) is 4.65. The van der Waals surface area contributed by atoms with Crippen LogP contribution in [0.4, 0.5) is 5.13 Å². The third-order valence-corrected chi connectivity index (χ3v) is 6.22. The minimum atomic E-state index is -0.192. The van der Waals surface area contributed by atoms with Gasteiger partial charge >= 0.3 is 0 Å². The van der Waals surface area contributed by atoms with Crippen molar-refractivity contribution in [3.8, 4) is 11.3 Å². The van der Waals surface area contributed by atoms with Crippen molar-refractivity contribution in [2.24, 2.45) is 0 Å². The minimum absolute atomic E-state index is 0.125. The van der Waals surface area contributed by atoms with Crippen molar-refractivity contribution in [2.45, 2.75) is 13.0 Å². The molecule has 1 amide bonds. The first-order valence-electron chi connectivity index (χ1n) is 8.93. The highest BCUT2D eigenvalue weighted by Gasteiger charge is 2.12. The average Bonchev–Trinajstić information content (AvgIpc) is 3.46. The molecule has 9 heteroatoms. The number of rotatable bonds is 5. The van der Waals surface area contributed by atoms with Crippen molar-refractivity contribution in [1.82, 2.24) is 19.5 Å². The van der Waals surface area contributed by atoms with Gasteiger partial charge in [-0.25, -0.2) is 9.97 Å². The Kier molecular flexibility index (Phi) is 4.45. The molecule has 5 aromatic rings. The molecule has 7 nitrogen and oxygen atoms in total. The lowest BCUT2D eigenvalue weighted by Crippen LogP contribution is -2.23. The van der Waals surface area contributed by atoms with Gasteiger partial charge in [0.15, 0.2) is 5.13 Å². The number of nitrogens with zero attached hydrogens (tertiary/aromatic N) is 3. The second kappa shape index (κ2) is 7.26. The van der Waals surface area contributed by atoms with Gasteiger partial charge in [0.1, 0.15) is 4.83 Å². The summed E-state index contributed by atoms with van der Waals surface area (Å²) in [5.74, 6) is -0.192. The molecule has 0 bridgehead atoms. The second-order valence-corrected chi connectivity index (χ2v) is 8.22. The van der Waals surface area contributed by atoms with Crippen LogP contribution in [0.1, 0.15) is 6.42 Å². The Morgan fingerprint density at radius 2 is 2.07 bits per heavy atom. The summed E-state index contributed by atoms with van der Waals surface area (Å²) in [5, 5.41) is 8.79. The molecule has 144 valence electrons. The Balaban J connectivity index is 1.28. The van der Waals surface area contributed by atoms with E-state index in [1.165, 1.54) is 33.6 Å². The zero-order chi connectivity index (χ0) is 19.8. The highest BCUT2D eigenvalue weighted by molar-refractivity contribution is 7.16. The highest BCUT2D eigenvalue weighted by Crippen LogP contribution is 2.30. The Bertz CT molecular complexity index is 1390. The van der Waals surface area contributed by atoms with Gasteiger partial charge in [-0.15, -0.1) is 22.7 Å². The van der Waals surface area contributed by atoms with E-state index in [4.69, 9.17) is 0 Å². The SMILES string of the molecule is O=C(CCn1cnc2sccc2c1=O)Nc1nc(-c2c[nH]c3ccccc23)cs1. The van der Waals surface area contributed by atoms with Gasteiger partial charge in [-0.3, -0.25) is 14.2 Å². The first kappa shape index (κ1) is 17.8. The zero-order valence-corrected chi connectivity index (χ0v) is 16.7.